The van der Waals surface area contributed by atoms with Crippen molar-refractivity contribution in [3.63, 3.8) is 0 Å². The quantitative estimate of drug-likeness (QED) is 0.631. The number of rotatable bonds is 4. The Morgan fingerprint density at radius 1 is 1.30 bits per heavy atom. The van der Waals surface area contributed by atoms with Gasteiger partial charge < -0.3 is 25.6 Å². The van der Waals surface area contributed by atoms with Crippen molar-refractivity contribution < 1.29 is 32.9 Å². The molecule has 9 nitrogen and oxygen atoms in total. The highest BCUT2D eigenvalue weighted by Crippen LogP contribution is 2.31. The minimum absolute atomic E-state index is 0.0577. The first-order valence-electron chi connectivity index (χ1n) is 8.76. The van der Waals surface area contributed by atoms with Gasteiger partial charge in [0.2, 0.25) is 0 Å². The van der Waals surface area contributed by atoms with E-state index in [1.807, 2.05) is 0 Å². The van der Waals surface area contributed by atoms with Crippen LogP contribution in [0.3, 0.4) is 0 Å². The Bertz CT molecular complexity index is 996. The molecule has 0 aliphatic carbocycles. The number of alkyl halides is 3. The van der Waals surface area contributed by atoms with Crippen LogP contribution in [0.5, 0.6) is 0 Å². The third-order valence-corrected chi connectivity index (χ3v) is 4.66. The average Bonchev–Trinajstić information content (AvgIpc) is 2.96. The first kappa shape index (κ1) is 21.7. The molecule has 0 saturated carbocycles. The average molecular weight is 428 g/mol. The number of benzene rings is 1. The van der Waals surface area contributed by atoms with Gasteiger partial charge in [0.05, 0.1) is 5.56 Å². The van der Waals surface area contributed by atoms with Crippen LogP contribution in [-0.2, 0) is 22.3 Å². The third kappa shape index (κ3) is 4.30. The maximum absolute atomic E-state index is 12.9. The summed E-state index contributed by atoms with van der Waals surface area (Å²) in [4.78, 5) is 29.2. The molecule has 1 aromatic carbocycles. The van der Waals surface area contributed by atoms with E-state index in [4.69, 9.17) is 10.5 Å². The predicted molar refractivity (Wildman–Crippen MR) is 96.8 cm³/mol. The standard InChI is InChI=1S/C18H19F3N4O5/c1-24(8-9-3-2-4-10(7-9)18(19,20)21)15(28)14-12(26)13(27)16(30-14)25-6-5-11(22)23-17(25)29/h2-7,12-14,16,26-27H,8H2,1H3,(H2,22,23,29)/t12-,13+,14-,16+/m0/s1. The van der Waals surface area contributed by atoms with Gasteiger partial charge in [0.25, 0.3) is 5.91 Å². The van der Waals surface area contributed by atoms with Crippen LogP contribution in [0.15, 0.2) is 41.3 Å². The molecule has 4 N–H and O–H groups in total. The van der Waals surface area contributed by atoms with Crippen LogP contribution in [0.25, 0.3) is 0 Å². The van der Waals surface area contributed by atoms with Crippen molar-refractivity contribution in [2.45, 2.75) is 37.3 Å². The molecular weight excluding hydrogens is 409 g/mol. The van der Waals surface area contributed by atoms with Crippen LogP contribution in [0.2, 0.25) is 0 Å². The monoisotopic (exact) mass is 428 g/mol. The molecule has 1 aliphatic heterocycles. The summed E-state index contributed by atoms with van der Waals surface area (Å²) in [6.07, 6.45) is -9.55. The lowest BCUT2D eigenvalue weighted by Gasteiger charge is -2.23. The minimum atomic E-state index is -4.53. The Morgan fingerprint density at radius 3 is 2.63 bits per heavy atom. The first-order valence-corrected chi connectivity index (χ1v) is 8.76. The van der Waals surface area contributed by atoms with E-state index in [1.165, 1.54) is 31.4 Å². The molecule has 162 valence electrons. The number of hydrogen-bond donors (Lipinski definition) is 3. The van der Waals surface area contributed by atoms with Gasteiger partial charge in [-0.25, -0.2) is 4.79 Å². The number of nitrogen functional groups attached to an aromatic ring is 1. The molecule has 12 heteroatoms. The van der Waals surface area contributed by atoms with Gasteiger partial charge in [-0.15, -0.1) is 0 Å². The SMILES string of the molecule is CN(Cc1cccc(C(F)(F)F)c1)C(=O)[C@H]1O[C@@H](n2ccc(N)nc2=O)[C@H](O)[C@@H]1O. The van der Waals surface area contributed by atoms with Gasteiger partial charge >= 0.3 is 11.9 Å². The van der Waals surface area contributed by atoms with Crippen LogP contribution in [0.1, 0.15) is 17.4 Å². The van der Waals surface area contributed by atoms with E-state index in [1.54, 1.807) is 0 Å². The number of nitrogens with two attached hydrogens (primary N) is 1. The zero-order chi connectivity index (χ0) is 22.2. The molecule has 0 unspecified atom stereocenters. The van der Waals surface area contributed by atoms with Crippen molar-refractivity contribution in [3.8, 4) is 0 Å². The van der Waals surface area contributed by atoms with Crippen molar-refractivity contribution in [1.29, 1.82) is 0 Å². The number of anilines is 1. The molecule has 0 bridgehead atoms. The lowest BCUT2D eigenvalue weighted by atomic mass is 10.1. The summed E-state index contributed by atoms with van der Waals surface area (Å²) in [5, 5.41) is 20.5. The Labute approximate surface area is 168 Å². The minimum Gasteiger partial charge on any atom is -0.387 e. The summed E-state index contributed by atoms with van der Waals surface area (Å²) in [5.74, 6) is -0.837. The van der Waals surface area contributed by atoms with Gasteiger partial charge in [0.15, 0.2) is 12.3 Å². The number of carbonyl (C=O) groups is 1. The van der Waals surface area contributed by atoms with Crippen LogP contribution < -0.4 is 11.4 Å². The molecule has 1 aliphatic rings. The van der Waals surface area contributed by atoms with Gasteiger partial charge in [0, 0.05) is 19.8 Å². The molecular formula is C18H19F3N4O5. The second kappa shape index (κ2) is 8.05. The molecule has 1 aromatic heterocycles. The van der Waals surface area contributed by atoms with Gasteiger partial charge in [-0.2, -0.15) is 18.2 Å². The number of aliphatic hydroxyl groups excluding tert-OH is 2. The molecule has 1 amide bonds. The van der Waals surface area contributed by atoms with Crippen LogP contribution >= 0.6 is 0 Å². The normalized spacial score (nSPS) is 24.1. The third-order valence-electron chi connectivity index (χ3n) is 4.66. The van der Waals surface area contributed by atoms with Gasteiger partial charge in [-0.1, -0.05) is 12.1 Å². The number of amides is 1. The van der Waals surface area contributed by atoms with Crippen LogP contribution in [0, 0.1) is 0 Å². The molecule has 1 saturated heterocycles. The maximum Gasteiger partial charge on any atom is 0.416 e. The van der Waals surface area contributed by atoms with Crippen molar-refractivity contribution in [2.75, 3.05) is 12.8 Å². The number of nitrogens with zero attached hydrogens (tertiary/aromatic N) is 3. The summed E-state index contributed by atoms with van der Waals surface area (Å²) in [5.41, 5.74) is 3.91. The fraction of sp³-hybridized carbons (Fsp3) is 0.389. The molecule has 4 atom stereocenters. The van der Waals surface area contributed by atoms with Gasteiger partial charge in [-0.3, -0.25) is 9.36 Å². The number of aliphatic hydroxyl groups is 2. The number of aromatic nitrogens is 2. The fourth-order valence-corrected chi connectivity index (χ4v) is 3.13. The first-order chi connectivity index (χ1) is 14.0. The molecule has 0 radical (unpaired) electrons. The maximum atomic E-state index is 12.9. The topological polar surface area (TPSA) is 131 Å². The number of hydrogen-bond acceptors (Lipinski definition) is 7. The summed E-state index contributed by atoms with van der Waals surface area (Å²) >= 11 is 0. The number of carbonyl (C=O) groups excluding carboxylic acids is 1. The fourth-order valence-electron chi connectivity index (χ4n) is 3.13. The largest absolute Gasteiger partial charge is 0.416 e. The van der Waals surface area contributed by atoms with Crippen molar-refractivity contribution in [2.24, 2.45) is 0 Å². The molecule has 0 spiro atoms. The Kier molecular flexibility index (Phi) is 5.83. The zero-order valence-corrected chi connectivity index (χ0v) is 15.7. The van der Waals surface area contributed by atoms with Crippen LogP contribution in [0.4, 0.5) is 19.0 Å². The summed E-state index contributed by atoms with van der Waals surface area (Å²) in [6.45, 7) is -0.195. The zero-order valence-electron chi connectivity index (χ0n) is 15.7. The van der Waals surface area contributed by atoms with E-state index >= 15 is 0 Å². The molecule has 3 rings (SSSR count). The van der Waals surface area contributed by atoms with E-state index in [2.05, 4.69) is 4.98 Å². The molecule has 2 heterocycles. The molecule has 1 fully saturated rings. The highest BCUT2D eigenvalue weighted by atomic mass is 19.4. The Morgan fingerprint density at radius 2 is 2.00 bits per heavy atom. The lowest BCUT2D eigenvalue weighted by Crippen LogP contribution is -2.43. The summed E-state index contributed by atoms with van der Waals surface area (Å²) < 4.78 is 44.9. The summed E-state index contributed by atoms with van der Waals surface area (Å²) in [6, 6.07) is 5.74. The van der Waals surface area contributed by atoms with E-state index in [0.717, 1.165) is 21.6 Å². The highest BCUT2D eigenvalue weighted by Gasteiger charge is 2.48. The second-order valence-corrected chi connectivity index (χ2v) is 6.86. The smallest absolute Gasteiger partial charge is 0.387 e. The van der Waals surface area contributed by atoms with E-state index in [-0.39, 0.29) is 17.9 Å². The Balaban J connectivity index is 1.75. The number of ether oxygens (including phenoxy) is 1. The van der Waals surface area contributed by atoms with Crippen LogP contribution in [-0.4, -0.2) is 55.9 Å². The number of halogens is 3. The highest BCUT2D eigenvalue weighted by molar-refractivity contribution is 5.81. The van der Waals surface area contributed by atoms with E-state index in [0.29, 0.717) is 0 Å². The van der Waals surface area contributed by atoms with Gasteiger partial charge in [-0.05, 0) is 23.8 Å². The molecule has 30 heavy (non-hydrogen) atoms. The number of likely N-dealkylation sites (N-methyl/N-ethyl adjacent to an activating group) is 1. The predicted octanol–water partition coefficient (Wildman–Crippen LogP) is 0.122. The Hall–Kier alpha value is -2.96. The second-order valence-electron chi connectivity index (χ2n) is 6.86. The van der Waals surface area contributed by atoms with Crippen molar-refractivity contribution in [3.05, 3.63) is 58.1 Å². The van der Waals surface area contributed by atoms with E-state index < -0.39 is 47.9 Å². The molecule has 2 aromatic rings. The lowest BCUT2D eigenvalue weighted by molar-refractivity contribution is -0.148. The van der Waals surface area contributed by atoms with Crippen molar-refractivity contribution >= 4 is 11.7 Å². The summed E-state index contributed by atoms with van der Waals surface area (Å²) in [7, 11) is 1.31. The van der Waals surface area contributed by atoms with E-state index in [9.17, 15) is 33.0 Å². The van der Waals surface area contributed by atoms with Gasteiger partial charge in [0.1, 0.15) is 18.0 Å². The van der Waals surface area contributed by atoms with Crippen molar-refractivity contribution in [1.82, 2.24) is 14.5 Å².